The molecule has 0 amide bonds. The Kier molecular flexibility index (Phi) is 3.50. The fourth-order valence-electron chi connectivity index (χ4n) is 0.812. The van der Waals surface area contributed by atoms with Gasteiger partial charge in [0, 0.05) is 0 Å². The van der Waals surface area contributed by atoms with Crippen LogP contribution in [0.5, 0.6) is 0 Å². The minimum atomic E-state index is -0.630. The van der Waals surface area contributed by atoms with Gasteiger partial charge >= 0.3 is 0 Å². The Morgan fingerprint density at radius 2 is 1.69 bits per heavy atom. The largest absolute Gasteiger partial charge is 0.397 e. The van der Waals surface area contributed by atoms with E-state index < -0.39 is 5.82 Å². The van der Waals surface area contributed by atoms with E-state index in [1.165, 1.54) is 6.07 Å². The number of halogens is 2. The number of anilines is 2. The van der Waals surface area contributed by atoms with Crippen molar-refractivity contribution in [2.24, 2.45) is 5.73 Å². The van der Waals surface area contributed by atoms with Gasteiger partial charge in [0.1, 0.15) is 11.7 Å². The molecule has 0 bridgehead atoms. The molecule has 0 aromatic heterocycles. The quantitative estimate of drug-likeness (QED) is 0.308. The summed E-state index contributed by atoms with van der Waals surface area (Å²) in [6.45, 7) is 0. The van der Waals surface area contributed by atoms with Crippen LogP contribution in [0, 0.1) is 11.2 Å². The lowest BCUT2D eigenvalue weighted by molar-refractivity contribution is 0.626. The van der Waals surface area contributed by atoms with E-state index >= 15 is 0 Å². The molecule has 1 aromatic carbocycles. The molecule has 0 saturated carbocycles. The van der Waals surface area contributed by atoms with Crippen molar-refractivity contribution in [1.29, 1.82) is 5.41 Å². The first-order valence-corrected chi connectivity index (χ1v) is 3.21. The number of hydrogen-bond donors (Lipinski definition) is 4. The van der Waals surface area contributed by atoms with Crippen LogP contribution in [0.1, 0.15) is 5.56 Å². The SMILES string of the molecule is Cl.N=C(N)c1cc(N)c(N)cc1F. The standard InChI is InChI=1S/C7H9FN4.ClH/c8-4-2-6(10)5(9)1-3(4)7(11)12;/h1-2H,9-10H2,(H3,11,12);1H. The lowest BCUT2D eigenvalue weighted by Gasteiger charge is -2.04. The molecule has 0 saturated heterocycles. The van der Waals surface area contributed by atoms with Crippen LogP contribution in [-0.4, -0.2) is 5.84 Å². The van der Waals surface area contributed by atoms with Gasteiger partial charge < -0.3 is 17.2 Å². The van der Waals surface area contributed by atoms with E-state index in [9.17, 15) is 4.39 Å². The average molecular weight is 205 g/mol. The second kappa shape index (κ2) is 3.95. The number of hydrogen-bond acceptors (Lipinski definition) is 3. The summed E-state index contributed by atoms with van der Waals surface area (Å²) in [4.78, 5) is 0. The minimum Gasteiger partial charge on any atom is -0.397 e. The van der Waals surface area contributed by atoms with Gasteiger partial charge in [-0.25, -0.2) is 4.39 Å². The summed E-state index contributed by atoms with van der Waals surface area (Å²) in [5, 5.41) is 6.98. The molecular formula is C7H10ClFN4. The maximum atomic E-state index is 12.9. The summed E-state index contributed by atoms with van der Waals surface area (Å²) >= 11 is 0. The molecule has 1 aromatic rings. The molecule has 13 heavy (non-hydrogen) atoms. The molecule has 0 radical (unpaired) electrons. The lowest BCUT2D eigenvalue weighted by atomic mass is 10.1. The Labute approximate surface area is 80.8 Å². The first-order valence-electron chi connectivity index (χ1n) is 3.21. The van der Waals surface area contributed by atoms with Crippen molar-refractivity contribution in [3.63, 3.8) is 0 Å². The van der Waals surface area contributed by atoms with Crippen molar-refractivity contribution in [3.05, 3.63) is 23.5 Å². The highest BCUT2D eigenvalue weighted by Gasteiger charge is 2.07. The molecule has 0 fully saturated rings. The lowest BCUT2D eigenvalue weighted by Crippen LogP contribution is -2.14. The number of amidine groups is 1. The third-order valence-corrected chi connectivity index (χ3v) is 1.46. The van der Waals surface area contributed by atoms with E-state index in [-0.39, 0.29) is 35.2 Å². The Morgan fingerprint density at radius 1 is 1.23 bits per heavy atom. The highest BCUT2D eigenvalue weighted by Crippen LogP contribution is 2.19. The fraction of sp³-hybridized carbons (Fsp3) is 0. The highest BCUT2D eigenvalue weighted by atomic mass is 35.5. The smallest absolute Gasteiger partial charge is 0.136 e. The Morgan fingerprint density at radius 3 is 2.15 bits per heavy atom. The van der Waals surface area contributed by atoms with E-state index in [0.717, 1.165) is 6.07 Å². The molecule has 4 nitrogen and oxygen atoms in total. The van der Waals surface area contributed by atoms with Gasteiger partial charge in [-0.05, 0) is 12.1 Å². The predicted octanol–water partition coefficient (Wildman–Crippen LogP) is 0.696. The van der Waals surface area contributed by atoms with E-state index in [4.69, 9.17) is 22.6 Å². The van der Waals surface area contributed by atoms with E-state index in [1.54, 1.807) is 0 Å². The number of rotatable bonds is 1. The molecule has 0 aliphatic rings. The molecule has 1 rings (SSSR count). The third-order valence-electron chi connectivity index (χ3n) is 1.46. The number of nitrogens with two attached hydrogens (primary N) is 3. The molecule has 6 heteroatoms. The summed E-state index contributed by atoms with van der Waals surface area (Å²) in [5.74, 6) is -0.992. The van der Waals surface area contributed by atoms with Gasteiger partial charge in [-0.2, -0.15) is 0 Å². The molecule has 0 aliphatic carbocycles. The van der Waals surface area contributed by atoms with Crippen molar-refractivity contribution >= 4 is 29.6 Å². The van der Waals surface area contributed by atoms with Gasteiger partial charge in [0.15, 0.2) is 0 Å². The first kappa shape index (κ1) is 11.5. The first-order chi connectivity index (χ1) is 5.52. The Bertz CT molecular complexity index is 340. The summed E-state index contributed by atoms with van der Waals surface area (Å²) in [5.41, 5.74) is 16.1. The summed E-state index contributed by atoms with van der Waals surface area (Å²) in [6.07, 6.45) is 0. The maximum Gasteiger partial charge on any atom is 0.136 e. The van der Waals surface area contributed by atoms with Gasteiger partial charge in [-0.15, -0.1) is 12.4 Å². The zero-order valence-corrected chi connectivity index (χ0v) is 7.49. The van der Waals surface area contributed by atoms with Crippen LogP contribution >= 0.6 is 12.4 Å². The Balaban J connectivity index is 0.00000144. The third kappa shape index (κ3) is 2.22. The van der Waals surface area contributed by atoms with Crippen molar-refractivity contribution in [2.75, 3.05) is 11.5 Å². The highest BCUT2D eigenvalue weighted by molar-refractivity contribution is 5.96. The van der Waals surface area contributed by atoms with Crippen LogP contribution in [0.25, 0.3) is 0 Å². The number of benzene rings is 1. The van der Waals surface area contributed by atoms with Gasteiger partial charge in [0.05, 0.1) is 16.9 Å². The predicted molar refractivity (Wildman–Crippen MR) is 53.5 cm³/mol. The molecule has 0 atom stereocenters. The molecular weight excluding hydrogens is 195 g/mol. The van der Waals surface area contributed by atoms with Crippen LogP contribution in [0.2, 0.25) is 0 Å². The molecule has 0 heterocycles. The van der Waals surface area contributed by atoms with Crippen molar-refractivity contribution in [2.45, 2.75) is 0 Å². The summed E-state index contributed by atoms with van der Waals surface area (Å²) in [7, 11) is 0. The van der Waals surface area contributed by atoms with Crippen LogP contribution in [0.3, 0.4) is 0 Å². The fourth-order valence-corrected chi connectivity index (χ4v) is 0.812. The topological polar surface area (TPSA) is 102 Å². The molecule has 0 unspecified atom stereocenters. The average Bonchev–Trinajstić information content (AvgIpc) is 1.96. The van der Waals surface area contributed by atoms with Crippen LogP contribution in [0.4, 0.5) is 15.8 Å². The zero-order valence-electron chi connectivity index (χ0n) is 6.67. The van der Waals surface area contributed by atoms with E-state index in [0.29, 0.717) is 0 Å². The summed E-state index contributed by atoms with van der Waals surface area (Å²) < 4.78 is 12.9. The second-order valence-corrected chi connectivity index (χ2v) is 2.37. The molecule has 72 valence electrons. The Hall–Kier alpha value is -1.49. The van der Waals surface area contributed by atoms with Gasteiger partial charge in [-0.1, -0.05) is 0 Å². The molecule has 7 N–H and O–H groups in total. The van der Waals surface area contributed by atoms with Crippen LogP contribution < -0.4 is 17.2 Å². The van der Waals surface area contributed by atoms with Crippen molar-refractivity contribution in [1.82, 2.24) is 0 Å². The van der Waals surface area contributed by atoms with Gasteiger partial charge in [0.25, 0.3) is 0 Å². The number of nitrogen functional groups attached to an aromatic ring is 3. The molecule has 0 aliphatic heterocycles. The molecule has 0 spiro atoms. The van der Waals surface area contributed by atoms with E-state index in [2.05, 4.69) is 0 Å². The van der Waals surface area contributed by atoms with Crippen molar-refractivity contribution < 1.29 is 4.39 Å². The maximum absolute atomic E-state index is 12.9. The second-order valence-electron chi connectivity index (χ2n) is 2.37. The van der Waals surface area contributed by atoms with Gasteiger partial charge in [0.2, 0.25) is 0 Å². The zero-order chi connectivity index (χ0) is 9.30. The number of nitrogens with one attached hydrogen (secondary N) is 1. The van der Waals surface area contributed by atoms with Crippen LogP contribution in [0.15, 0.2) is 12.1 Å². The van der Waals surface area contributed by atoms with Crippen molar-refractivity contribution in [3.8, 4) is 0 Å². The normalized spacial score (nSPS) is 9.00. The minimum absolute atomic E-state index is 0. The summed E-state index contributed by atoms with van der Waals surface area (Å²) in [6, 6.07) is 2.29. The van der Waals surface area contributed by atoms with E-state index in [1.807, 2.05) is 0 Å². The monoisotopic (exact) mass is 204 g/mol. The van der Waals surface area contributed by atoms with Gasteiger partial charge in [-0.3, -0.25) is 5.41 Å². The van der Waals surface area contributed by atoms with Crippen LogP contribution in [-0.2, 0) is 0 Å².